The topological polar surface area (TPSA) is 17.8 Å². The average Bonchev–Trinajstić information content (AvgIpc) is 3.20. The van der Waals surface area contributed by atoms with E-state index < -0.39 is 21.5 Å². The SMILES string of the molecule is Fc1ccccc1C(c1ccc2c(c1)C(Cl)C(Cl)C(Cl)C2Cl)n1ccnc1. The van der Waals surface area contributed by atoms with E-state index in [9.17, 15) is 4.39 Å². The molecule has 5 atom stereocenters. The molecule has 2 aromatic carbocycles. The lowest BCUT2D eigenvalue weighted by atomic mass is 9.86. The molecule has 140 valence electrons. The summed E-state index contributed by atoms with van der Waals surface area (Å²) >= 11 is 25.8. The molecule has 1 heterocycles. The zero-order valence-corrected chi connectivity index (χ0v) is 17.0. The average molecular weight is 444 g/mol. The van der Waals surface area contributed by atoms with E-state index >= 15 is 0 Å². The monoisotopic (exact) mass is 442 g/mol. The molecular formula is C20H15Cl4FN2. The highest BCUT2D eigenvalue weighted by atomic mass is 35.5. The number of imidazole rings is 1. The minimum Gasteiger partial charge on any atom is -0.326 e. The summed E-state index contributed by atoms with van der Waals surface area (Å²) < 4.78 is 16.4. The van der Waals surface area contributed by atoms with E-state index in [1.54, 1.807) is 30.9 Å². The maximum absolute atomic E-state index is 14.6. The van der Waals surface area contributed by atoms with E-state index in [0.29, 0.717) is 5.56 Å². The van der Waals surface area contributed by atoms with Gasteiger partial charge >= 0.3 is 0 Å². The van der Waals surface area contributed by atoms with Crippen molar-refractivity contribution in [3.05, 3.63) is 89.3 Å². The minimum absolute atomic E-state index is 0.289. The van der Waals surface area contributed by atoms with E-state index in [4.69, 9.17) is 46.4 Å². The van der Waals surface area contributed by atoms with E-state index in [0.717, 1.165) is 16.7 Å². The van der Waals surface area contributed by atoms with Gasteiger partial charge in [0, 0.05) is 18.0 Å². The Kier molecular flexibility index (Phi) is 5.39. The van der Waals surface area contributed by atoms with Crippen LogP contribution >= 0.6 is 46.4 Å². The molecule has 3 aromatic rings. The molecule has 2 nitrogen and oxygen atoms in total. The Morgan fingerprint density at radius 1 is 0.926 bits per heavy atom. The van der Waals surface area contributed by atoms with Crippen LogP contribution in [0.25, 0.3) is 0 Å². The number of hydrogen-bond donors (Lipinski definition) is 0. The van der Waals surface area contributed by atoms with Crippen LogP contribution in [0, 0.1) is 5.82 Å². The van der Waals surface area contributed by atoms with Gasteiger partial charge in [-0.25, -0.2) is 9.37 Å². The van der Waals surface area contributed by atoms with Crippen LogP contribution in [0.3, 0.4) is 0 Å². The zero-order valence-electron chi connectivity index (χ0n) is 13.9. The van der Waals surface area contributed by atoms with Gasteiger partial charge in [-0.1, -0.05) is 36.4 Å². The lowest BCUT2D eigenvalue weighted by molar-refractivity contribution is 0.571. The Morgan fingerprint density at radius 3 is 2.30 bits per heavy atom. The van der Waals surface area contributed by atoms with E-state index in [1.807, 2.05) is 28.8 Å². The number of alkyl halides is 4. The van der Waals surface area contributed by atoms with Crippen molar-refractivity contribution in [1.82, 2.24) is 9.55 Å². The predicted molar refractivity (Wildman–Crippen MR) is 109 cm³/mol. The fraction of sp³-hybridized carbons (Fsp3) is 0.250. The van der Waals surface area contributed by atoms with Crippen LogP contribution < -0.4 is 0 Å². The molecule has 0 bridgehead atoms. The summed E-state index contributed by atoms with van der Waals surface area (Å²) in [6, 6.07) is 12.1. The second kappa shape index (κ2) is 7.63. The third-order valence-corrected chi connectivity index (χ3v) is 7.35. The molecule has 1 aromatic heterocycles. The Morgan fingerprint density at radius 2 is 1.63 bits per heavy atom. The van der Waals surface area contributed by atoms with Gasteiger partial charge in [0.2, 0.25) is 0 Å². The van der Waals surface area contributed by atoms with Gasteiger partial charge in [0.15, 0.2) is 0 Å². The largest absolute Gasteiger partial charge is 0.326 e. The van der Waals surface area contributed by atoms with Crippen LogP contribution in [0.5, 0.6) is 0 Å². The van der Waals surface area contributed by atoms with Gasteiger partial charge in [-0.05, 0) is 22.8 Å². The molecule has 7 heteroatoms. The fourth-order valence-corrected chi connectivity index (χ4v) is 4.96. The lowest BCUT2D eigenvalue weighted by Crippen LogP contribution is -2.30. The van der Waals surface area contributed by atoms with E-state index in [-0.39, 0.29) is 11.9 Å². The van der Waals surface area contributed by atoms with Gasteiger partial charge in [0.1, 0.15) is 5.82 Å². The molecule has 0 saturated carbocycles. The van der Waals surface area contributed by atoms with E-state index in [2.05, 4.69) is 4.98 Å². The summed E-state index contributed by atoms with van der Waals surface area (Å²) in [5, 5.41) is -1.89. The van der Waals surface area contributed by atoms with Crippen molar-refractivity contribution in [2.45, 2.75) is 27.6 Å². The third kappa shape index (κ3) is 3.36. The maximum Gasteiger partial charge on any atom is 0.128 e. The number of halogens is 5. The third-order valence-electron chi connectivity index (χ3n) is 4.91. The molecule has 0 saturated heterocycles. The summed E-state index contributed by atoms with van der Waals surface area (Å²) in [7, 11) is 0. The first kappa shape index (κ1) is 19.1. The first-order valence-electron chi connectivity index (χ1n) is 8.41. The molecule has 0 amide bonds. The van der Waals surface area contributed by atoms with Crippen molar-refractivity contribution in [3.63, 3.8) is 0 Å². The number of nitrogens with zero attached hydrogens (tertiary/aromatic N) is 2. The molecule has 0 aliphatic heterocycles. The molecule has 0 spiro atoms. The number of benzene rings is 2. The maximum atomic E-state index is 14.6. The van der Waals surface area contributed by atoms with Crippen LogP contribution in [0.4, 0.5) is 4.39 Å². The summed E-state index contributed by atoms with van der Waals surface area (Å²) in [6.45, 7) is 0. The highest BCUT2D eigenvalue weighted by Gasteiger charge is 2.40. The van der Waals surface area contributed by atoms with Gasteiger partial charge in [-0.15, -0.1) is 46.4 Å². The molecule has 5 unspecified atom stereocenters. The predicted octanol–water partition coefficient (Wildman–Crippen LogP) is 6.45. The normalized spacial score (nSPS) is 25.8. The molecule has 0 N–H and O–H groups in total. The summed E-state index contributed by atoms with van der Waals surface area (Å²) in [5.41, 5.74) is 3.09. The Labute approximate surface area is 176 Å². The van der Waals surface area contributed by atoms with Crippen molar-refractivity contribution >= 4 is 46.4 Å². The molecule has 1 aliphatic carbocycles. The van der Waals surface area contributed by atoms with Crippen LogP contribution in [0.15, 0.2) is 61.2 Å². The van der Waals surface area contributed by atoms with Crippen molar-refractivity contribution < 1.29 is 4.39 Å². The van der Waals surface area contributed by atoms with Crippen molar-refractivity contribution in [3.8, 4) is 0 Å². The zero-order chi connectivity index (χ0) is 19.1. The second-order valence-electron chi connectivity index (χ2n) is 6.51. The molecule has 0 fully saturated rings. The fourth-order valence-electron chi connectivity index (χ4n) is 3.55. The van der Waals surface area contributed by atoms with Gasteiger partial charge in [0.05, 0.1) is 33.9 Å². The highest BCUT2D eigenvalue weighted by Crippen LogP contribution is 2.48. The smallest absolute Gasteiger partial charge is 0.128 e. The first-order valence-corrected chi connectivity index (χ1v) is 10.2. The van der Waals surface area contributed by atoms with Gasteiger partial charge in [-0.2, -0.15) is 0 Å². The van der Waals surface area contributed by atoms with Crippen LogP contribution in [0.1, 0.15) is 39.0 Å². The molecule has 4 rings (SSSR count). The number of hydrogen-bond acceptors (Lipinski definition) is 1. The van der Waals surface area contributed by atoms with E-state index in [1.165, 1.54) is 6.07 Å². The minimum atomic E-state index is -0.501. The number of aromatic nitrogens is 2. The lowest BCUT2D eigenvalue weighted by Gasteiger charge is -2.34. The van der Waals surface area contributed by atoms with Gasteiger partial charge < -0.3 is 4.57 Å². The van der Waals surface area contributed by atoms with Crippen LogP contribution in [0.2, 0.25) is 0 Å². The van der Waals surface area contributed by atoms with Crippen molar-refractivity contribution in [1.29, 1.82) is 0 Å². The van der Waals surface area contributed by atoms with Crippen molar-refractivity contribution in [2.24, 2.45) is 0 Å². The Balaban J connectivity index is 1.87. The van der Waals surface area contributed by atoms with Crippen LogP contribution in [-0.2, 0) is 0 Å². The van der Waals surface area contributed by atoms with Crippen molar-refractivity contribution in [2.75, 3.05) is 0 Å². The van der Waals surface area contributed by atoms with Gasteiger partial charge in [-0.3, -0.25) is 0 Å². The Hall–Kier alpha value is -1.26. The first-order chi connectivity index (χ1) is 13.0. The Bertz CT molecular complexity index is 947. The molecule has 1 aliphatic rings. The second-order valence-corrected chi connectivity index (χ2v) is 8.46. The number of rotatable bonds is 3. The number of fused-ring (bicyclic) bond motifs is 1. The standard InChI is InChI=1S/C20H15Cl4FN2/c21-16-12-6-5-11(9-14(12)17(22)19(24)18(16)23)20(27-8-7-26-10-27)13-3-1-2-4-15(13)25/h1-10,16-20H. The highest BCUT2D eigenvalue weighted by molar-refractivity contribution is 6.39. The summed E-state index contributed by atoms with van der Waals surface area (Å²) in [6.07, 6.45) is 5.13. The molecular weight excluding hydrogens is 429 g/mol. The summed E-state index contributed by atoms with van der Waals surface area (Å²) in [4.78, 5) is 4.12. The molecule has 0 radical (unpaired) electrons. The quantitative estimate of drug-likeness (QED) is 0.425. The summed E-state index contributed by atoms with van der Waals surface area (Å²) in [5.74, 6) is -0.289. The van der Waals surface area contributed by atoms with Gasteiger partial charge in [0.25, 0.3) is 0 Å². The molecule has 27 heavy (non-hydrogen) atoms. The van der Waals surface area contributed by atoms with Crippen LogP contribution in [-0.4, -0.2) is 20.3 Å².